The third-order valence-electron chi connectivity index (χ3n) is 6.61. The van der Waals surface area contributed by atoms with Crippen molar-refractivity contribution >= 4 is 4.21 Å². The van der Waals surface area contributed by atoms with Gasteiger partial charge in [-0.2, -0.15) is 73.2 Å². The van der Waals surface area contributed by atoms with Crippen molar-refractivity contribution < 1.29 is 24.2 Å². The number of fused-ring (bicyclic) bond motifs is 3. The molecule has 1 atom stereocenters. The topological polar surface area (TPSA) is 0 Å². The molecule has 2 aliphatic carbocycles. The van der Waals surface area contributed by atoms with Gasteiger partial charge in [0.2, 0.25) is 0 Å². The van der Waals surface area contributed by atoms with Crippen LogP contribution in [0.25, 0.3) is 11.1 Å². The molecule has 0 fully saturated rings. The van der Waals surface area contributed by atoms with Crippen LogP contribution in [0, 0.1) is 31.1 Å². The Morgan fingerprint density at radius 3 is 1.82 bits per heavy atom. The Morgan fingerprint density at radius 2 is 1.44 bits per heavy atom. The predicted octanol–water partition coefficient (Wildman–Crippen LogP) is 10.3. The average Bonchev–Trinajstić information content (AvgIpc) is 3.43. The fourth-order valence-corrected chi connectivity index (χ4v) is 4.37. The zero-order valence-electron chi connectivity index (χ0n) is 26.0. The molecule has 0 radical (unpaired) electrons. The molecule has 0 heterocycles. The van der Waals surface area contributed by atoms with Gasteiger partial charge in [-0.05, 0) is 28.4 Å². The van der Waals surface area contributed by atoms with Crippen LogP contribution < -0.4 is 0 Å². The summed E-state index contributed by atoms with van der Waals surface area (Å²) >= 11 is 1.30. The molecule has 5 rings (SSSR count). The van der Waals surface area contributed by atoms with Gasteiger partial charge in [0, 0.05) is 0 Å². The van der Waals surface area contributed by atoms with E-state index in [9.17, 15) is 0 Å². The molecule has 0 aliphatic heterocycles. The molecule has 39 heavy (non-hydrogen) atoms. The van der Waals surface area contributed by atoms with Gasteiger partial charge in [0.1, 0.15) is 0 Å². The summed E-state index contributed by atoms with van der Waals surface area (Å²) in [4.78, 5) is 0. The van der Waals surface area contributed by atoms with Crippen LogP contribution in [0.2, 0.25) is 0 Å². The minimum Gasteiger partial charge on any atom is -0.184 e. The van der Waals surface area contributed by atoms with E-state index in [4.69, 9.17) is 0 Å². The van der Waals surface area contributed by atoms with Gasteiger partial charge in [0.05, 0.1) is 0 Å². The summed E-state index contributed by atoms with van der Waals surface area (Å²) in [6.45, 7) is 25.0. The van der Waals surface area contributed by atoms with E-state index in [-0.39, 0.29) is 10.8 Å². The van der Waals surface area contributed by atoms with Crippen LogP contribution in [0.5, 0.6) is 0 Å². The van der Waals surface area contributed by atoms with E-state index in [1.54, 1.807) is 6.92 Å². The quantitative estimate of drug-likeness (QED) is 0.177. The molecule has 0 saturated carbocycles. The molecule has 208 valence electrons. The van der Waals surface area contributed by atoms with E-state index in [0.29, 0.717) is 5.92 Å². The van der Waals surface area contributed by atoms with Crippen LogP contribution >= 0.6 is 0 Å². The molecule has 0 amide bonds. The third-order valence-corrected chi connectivity index (χ3v) is 6.61. The molecule has 0 saturated heterocycles. The van der Waals surface area contributed by atoms with Crippen molar-refractivity contribution in [2.45, 2.75) is 86.5 Å². The Balaban J connectivity index is 0.000000345. The smallest absolute Gasteiger partial charge is 0.171 e. The number of hydrogen-bond donors (Lipinski definition) is 0. The van der Waals surface area contributed by atoms with E-state index in [1.807, 2.05) is 30.3 Å². The molecular formula is C38H48Zr-4. The van der Waals surface area contributed by atoms with Crippen LogP contribution in [-0.4, -0.2) is 4.21 Å². The molecule has 0 aromatic heterocycles. The van der Waals surface area contributed by atoms with Crippen molar-refractivity contribution in [3.63, 3.8) is 0 Å². The monoisotopic (exact) mass is 594 g/mol. The summed E-state index contributed by atoms with van der Waals surface area (Å²) < 4.78 is 3.34. The van der Waals surface area contributed by atoms with Gasteiger partial charge in [-0.3, -0.25) is 6.08 Å². The molecule has 0 bridgehead atoms. The maximum absolute atomic E-state index is 3.67. The Morgan fingerprint density at radius 1 is 0.846 bits per heavy atom. The minimum absolute atomic E-state index is 0.167. The summed E-state index contributed by atoms with van der Waals surface area (Å²) in [6, 6.07) is 27.7. The van der Waals surface area contributed by atoms with Gasteiger partial charge in [-0.25, -0.2) is 11.1 Å². The van der Waals surface area contributed by atoms with Gasteiger partial charge < -0.3 is 6.92 Å². The molecule has 0 nitrogen and oxygen atoms in total. The number of allylic oxidation sites excluding steroid dienone is 4. The second-order valence-electron chi connectivity index (χ2n) is 11.8. The zero-order chi connectivity index (χ0) is 29.8. The van der Waals surface area contributed by atoms with Crippen molar-refractivity contribution in [2.24, 2.45) is 5.92 Å². The minimum atomic E-state index is 0.167. The van der Waals surface area contributed by atoms with Crippen molar-refractivity contribution in [3.8, 4) is 11.1 Å². The molecule has 1 heteroatoms. The second kappa shape index (κ2) is 16.2. The second-order valence-corrected chi connectivity index (χ2v) is 11.8. The molecule has 3 aromatic carbocycles. The molecule has 1 unspecified atom stereocenters. The maximum atomic E-state index is 3.67. The predicted molar refractivity (Wildman–Crippen MR) is 170 cm³/mol. The van der Waals surface area contributed by atoms with E-state index >= 15 is 0 Å². The van der Waals surface area contributed by atoms with Gasteiger partial charge in [-0.1, -0.05) is 85.1 Å². The first-order chi connectivity index (χ1) is 18.4. The third kappa shape index (κ3) is 10.8. The van der Waals surface area contributed by atoms with Crippen molar-refractivity contribution in [2.75, 3.05) is 0 Å². The van der Waals surface area contributed by atoms with Crippen LogP contribution in [0.1, 0.15) is 91.5 Å². The molecule has 0 spiro atoms. The van der Waals surface area contributed by atoms with E-state index in [2.05, 4.69) is 128 Å². The fourth-order valence-electron chi connectivity index (χ4n) is 4.37. The Labute approximate surface area is 256 Å². The van der Waals surface area contributed by atoms with Crippen LogP contribution in [0.15, 0.2) is 77.9 Å². The first-order valence-corrected chi connectivity index (χ1v) is 15.6. The Bertz CT molecular complexity index is 1110. The summed E-state index contributed by atoms with van der Waals surface area (Å²) in [6.07, 6.45) is 6.55. The van der Waals surface area contributed by atoms with Gasteiger partial charge >= 0.3 is 28.4 Å². The zero-order valence-corrected chi connectivity index (χ0v) is 28.5. The average molecular weight is 596 g/mol. The summed E-state index contributed by atoms with van der Waals surface area (Å²) in [5.41, 5.74) is 11.4. The number of hydrogen-bond acceptors (Lipinski definition) is 0. The molecule has 3 aromatic rings. The SMILES string of the molecule is CC(C)(C)c1[c-]c2c(cc1)-c1ccc(C(C)(C)C)cc1C2.CC1=[C-]C(C)C=C1C.[CH2-]C.[CH2]=[Zr].[c-]1ccccc1. The maximum Gasteiger partial charge on any atom is -0.171 e. The Hall–Kier alpha value is -2.11. The van der Waals surface area contributed by atoms with Crippen LogP contribution in [0.3, 0.4) is 0 Å². The standard InChI is InChI=1S/C21H25.C8H11.C6H5.C2H5.CH2.Zr/c1-20(2,3)16-7-9-18-14(12-16)11-15-13-17(21(4,5)6)8-10-19(15)18;1-6-4-7(2)8(3)5-6;1-2-4-6-5-3-1;1-2;;/h7-10,12H,11H2,1-6H3;4,6H,1-3H3;1-5H;1H2,2H3;1H2;/q4*-1;;. The molecule has 2 aliphatic rings. The molecule has 0 N–H and O–H groups in total. The van der Waals surface area contributed by atoms with Gasteiger partial charge in [0.15, 0.2) is 0 Å². The first-order valence-electron chi connectivity index (χ1n) is 13.8. The van der Waals surface area contributed by atoms with Crippen molar-refractivity contribution in [3.05, 3.63) is 125 Å². The fraction of sp³-hybridized carbons (Fsp3) is 0.368. The largest absolute Gasteiger partial charge is 0.184 e. The Kier molecular flexibility index (Phi) is 14.5. The summed E-state index contributed by atoms with van der Waals surface area (Å²) in [5.74, 6) is 0.551. The van der Waals surface area contributed by atoms with E-state index < -0.39 is 0 Å². The van der Waals surface area contributed by atoms with Crippen LogP contribution in [0.4, 0.5) is 0 Å². The number of rotatable bonds is 0. The molecular weight excluding hydrogens is 548 g/mol. The van der Waals surface area contributed by atoms with Crippen molar-refractivity contribution in [1.29, 1.82) is 0 Å². The van der Waals surface area contributed by atoms with Crippen LogP contribution in [-0.2, 0) is 41.5 Å². The van der Waals surface area contributed by atoms with E-state index in [0.717, 1.165) is 6.42 Å². The van der Waals surface area contributed by atoms with Gasteiger partial charge in [0.25, 0.3) is 0 Å². The van der Waals surface area contributed by atoms with E-state index in [1.165, 1.54) is 68.8 Å². The first kappa shape index (κ1) is 34.9. The number of benzene rings is 3. The summed E-state index contributed by atoms with van der Waals surface area (Å²) in [7, 11) is 0. The summed E-state index contributed by atoms with van der Waals surface area (Å²) in [5, 5.41) is 0. The normalized spacial score (nSPS) is 14.7. The van der Waals surface area contributed by atoms with Gasteiger partial charge in [-0.15, -0.1) is 18.1 Å². The van der Waals surface area contributed by atoms with Crippen molar-refractivity contribution in [1.82, 2.24) is 0 Å².